The molecule has 4 aromatic rings. The van der Waals surface area contributed by atoms with E-state index in [-0.39, 0.29) is 0 Å². The van der Waals surface area contributed by atoms with Crippen molar-refractivity contribution < 1.29 is 9.13 Å². The molecule has 0 aliphatic heterocycles. The van der Waals surface area contributed by atoms with E-state index in [1.54, 1.807) is 24.7 Å². The Morgan fingerprint density at radius 3 is 2.79 bits per heavy atom. The lowest BCUT2D eigenvalue weighted by atomic mass is 9.98. The first-order chi connectivity index (χ1) is 18.5. The van der Waals surface area contributed by atoms with Crippen molar-refractivity contribution in [2.45, 2.75) is 13.3 Å². The molecule has 38 heavy (non-hydrogen) atoms. The second-order valence-corrected chi connectivity index (χ2v) is 9.43. The number of fused-ring (bicyclic) bond motifs is 1. The molecule has 0 saturated heterocycles. The van der Waals surface area contributed by atoms with E-state index in [0.29, 0.717) is 28.5 Å². The van der Waals surface area contributed by atoms with Gasteiger partial charge in [-0.2, -0.15) is 0 Å². The van der Waals surface area contributed by atoms with E-state index >= 15 is 0 Å². The lowest BCUT2D eigenvalue weighted by Gasteiger charge is -2.12. The molecular weight excluding hydrogens is 499 g/mol. The minimum Gasteiger partial charge on any atom is -0.501 e. The van der Waals surface area contributed by atoms with Crippen LogP contribution in [-0.4, -0.2) is 47.1 Å². The molecule has 0 unspecified atom stereocenters. The molecule has 5 nitrogen and oxygen atoms in total. The van der Waals surface area contributed by atoms with E-state index in [1.165, 1.54) is 12.1 Å². The van der Waals surface area contributed by atoms with Gasteiger partial charge in [0.1, 0.15) is 5.82 Å². The van der Waals surface area contributed by atoms with Gasteiger partial charge in [-0.1, -0.05) is 29.8 Å². The monoisotopic (exact) mass is 528 g/mol. The third kappa shape index (κ3) is 6.91. The molecular formula is C31H30ClFN4O. The lowest BCUT2D eigenvalue weighted by Crippen LogP contribution is -2.14. The van der Waals surface area contributed by atoms with Gasteiger partial charge in [0.15, 0.2) is 5.65 Å². The Morgan fingerprint density at radius 2 is 1.97 bits per heavy atom. The molecule has 3 heterocycles. The maximum absolute atomic E-state index is 14.7. The van der Waals surface area contributed by atoms with Crippen molar-refractivity contribution >= 4 is 28.2 Å². The highest BCUT2D eigenvalue weighted by Gasteiger charge is 2.14. The van der Waals surface area contributed by atoms with Gasteiger partial charge in [-0.3, -0.25) is 4.98 Å². The zero-order valence-corrected chi connectivity index (χ0v) is 22.5. The summed E-state index contributed by atoms with van der Waals surface area (Å²) in [6.45, 7) is 3.62. The third-order valence-corrected chi connectivity index (χ3v) is 6.07. The molecule has 0 aliphatic rings. The molecule has 0 bridgehead atoms. The summed E-state index contributed by atoms with van der Waals surface area (Å²) in [7, 11) is 4.09. The molecule has 0 amide bonds. The van der Waals surface area contributed by atoms with Gasteiger partial charge >= 0.3 is 0 Å². The zero-order chi connectivity index (χ0) is 26.9. The largest absolute Gasteiger partial charge is 0.501 e. The van der Waals surface area contributed by atoms with Crippen molar-refractivity contribution in [2.75, 3.05) is 27.2 Å². The number of aromatic nitrogens is 3. The highest BCUT2D eigenvalue weighted by atomic mass is 35.5. The fourth-order valence-corrected chi connectivity index (χ4v) is 4.20. The van der Waals surface area contributed by atoms with Crippen molar-refractivity contribution in [3.05, 3.63) is 108 Å². The summed E-state index contributed by atoms with van der Waals surface area (Å²) in [4.78, 5) is 15.7. The highest BCUT2D eigenvalue weighted by molar-refractivity contribution is 6.30. The quantitative estimate of drug-likeness (QED) is 0.120. The smallest absolute Gasteiger partial charge is 0.160 e. The van der Waals surface area contributed by atoms with Gasteiger partial charge < -0.3 is 9.64 Å². The third-order valence-electron chi connectivity index (χ3n) is 5.84. The van der Waals surface area contributed by atoms with E-state index in [1.807, 2.05) is 69.7 Å². The lowest BCUT2D eigenvalue weighted by molar-refractivity contribution is 0.228. The summed E-state index contributed by atoms with van der Waals surface area (Å²) in [6.07, 6.45) is 15.9. The van der Waals surface area contributed by atoms with Gasteiger partial charge in [-0.05, 0) is 87.1 Å². The van der Waals surface area contributed by atoms with Gasteiger partial charge in [0.25, 0.3) is 0 Å². The summed E-state index contributed by atoms with van der Waals surface area (Å²) < 4.78 is 20.3. The molecule has 0 fully saturated rings. The maximum Gasteiger partial charge on any atom is 0.160 e. The average molecular weight is 529 g/mol. The summed E-state index contributed by atoms with van der Waals surface area (Å²) in [6, 6.07) is 12.2. The Morgan fingerprint density at radius 1 is 1.11 bits per heavy atom. The standard InChI is InChI=1S/C31H30ClFN4O/c1-4-8-22(9-6-15-38-16-7-14-37(2)3)23-17-24(21-34-20-23)27-19-30(28-18-25(32)11-12-29(28)33)36-31-26(27)10-5-13-35-31/h4-6,8-13,15,17-21H,7,14,16H2,1-3H3/b8-4-,15-6+,22-9+. The van der Waals surface area contributed by atoms with E-state index in [4.69, 9.17) is 16.3 Å². The first kappa shape index (κ1) is 27.2. The molecule has 0 atom stereocenters. The van der Waals surface area contributed by atoms with E-state index < -0.39 is 5.82 Å². The van der Waals surface area contributed by atoms with Crippen LogP contribution in [0.15, 0.2) is 91.6 Å². The maximum atomic E-state index is 14.7. The Kier molecular flexibility index (Phi) is 9.35. The van der Waals surface area contributed by atoms with Crippen molar-refractivity contribution in [1.29, 1.82) is 0 Å². The second kappa shape index (κ2) is 13.1. The Bertz CT molecular complexity index is 1500. The van der Waals surface area contributed by atoms with Crippen LogP contribution in [0.5, 0.6) is 0 Å². The number of rotatable bonds is 10. The van der Waals surface area contributed by atoms with Crippen LogP contribution in [0.1, 0.15) is 18.9 Å². The SMILES string of the molecule is C\C=C/C(=C\C=C\OCCCN(C)C)c1cncc(-c2cc(-c3cc(Cl)ccc3F)nc3ncccc23)c1. The number of hydrogen-bond acceptors (Lipinski definition) is 5. The minimum atomic E-state index is -0.399. The number of nitrogens with zero attached hydrogens (tertiary/aromatic N) is 4. The summed E-state index contributed by atoms with van der Waals surface area (Å²) in [5.74, 6) is -0.399. The normalized spacial score (nSPS) is 12.3. The van der Waals surface area contributed by atoms with Crippen molar-refractivity contribution in [2.24, 2.45) is 0 Å². The Hall–Kier alpha value is -3.87. The van der Waals surface area contributed by atoms with Gasteiger partial charge in [0.05, 0.1) is 18.6 Å². The summed E-state index contributed by atoms with van der Waals surface area (Å²) >= 11 is 6.17. The molecule has 0 N–H and O–H groups in total. The summed E-state index contributed by atoms with van der Waals surface area (Å²) in [5, 5.41) is 1.28. The van der Waals surface area contributed by atoms with Crippen LogP contribution in [0.25, 0.3) is 39.0 Å². The van der Waals surface area contributed by atoms with Crippen LogP contribution in [0.3, 0.4) is 0 Å². The average Bonchev–Trinajstić information content (AvgIpc) is 2.92. The van der Waals surface area contributed by atoms with E-state index in [9.17, 15) is 4.39 Å². The van der Waals surface area contributed by atoms with Crippen LogP contribution in [-0.2, 0) is 4.74 Å². The number of pyridine rings is 3. The number of benzene rings is 1. The number of allylic oxidation sites excluding steroid dienone is 5. The van der Waals surface area contributed by atoms with Crippen LogP contribution < -0.4 is 0 Å². The molecule has 4 rings (SSSR count). The molecule has 0 saturated carbocycles. The fourth-order valence-electron chi connectivity index (χ4n) is 4.03. The molecule has 0 aliphatic carbocycles. The van der Waals surface area contributed by atoms with Gasteiger partial charge in [-0.15, -0.1) is 0 Å². The highest BCUT2D eigenvalue weighted by Crippen LogP contribution is 2.34. The Balaban J connectivity index is 1.70. The fraction of sp³-hybridized carbons (Fsp3) is 0.194. The van der Waals surface area contributed by atoms with Crippen LogP contribution in [0.4, 0.5) is 4.39 Å². The van der Waals surface area contributed by atoms with E-state index in [0.717, 1.165) is 40.6 Å². The molecule has 1 aromatic carbocycles. The first-order valence-electron chi connectivity index (χ1n) is 12.4. The van der Waals surface area contributed by atoms with Gasteiger partial charge in [0, 0.05) is 52.2 Å². The van der Waals surface area contributed by atoms with Gasteiger partial charge in [-0.25, -0.2) is 14.4 Å². The number of hydrogen-bond donors (Lipinski definition) is 0. The van der Waals surface area contributed by atoms with Crippen molar-refractivity contribution in [3.63, 3.8) is 0 Å². The molecule has 0 radical (unpaired) electrons. The molecule has 0 spiro atoms. The summed E-state index contributed by atoms with van der Waals surface area (Å²) in [5.41, 5.74) is 4.92. The zero-order valence-electron chi connectivity index (χ0n) is 21.7. The minimum absolute atomic E-state index is 0.320. The molecule has 3 aromatic heterocycles. The van der Waals surface area contributed by atoms with Crippen LogP contribution in [0.2, 0.25) is 5.02 Å². The first-order valence-corrected chi connectivity index (χ1v) is 12.8. The van der Waals surface area contributed by atoms with Gasteiger partial charge in [0.2, 0.25) is 0 Å². The van der Waals surface area contributed by atoms with Crippen molar-refractivity contribution in [3.8, 4) is 22.4 Å². The van der Waals surface area contributed by atoms with Crippen LogP contribution in [0, 0.1) is 5.82 Å². The second-order valence-electron chi connectivity index (χ2n) is 8.99. The molecule has 7 heteroatoms. The Labute approximate surface area is 228 Å². The van der Waals surface area contributed by atoms with Crippen molar-refractivity contribution in [1.82, 2.24) is 19.9 Å². The van der Waals surface area contributed by atoms with Crippen LogP contribution >= 0.6 is 11.6 Å². The number of halogens is 2. The number of ether oxygens (including phenoxy) is 1. The topological polar surface area (TPSA) is 51.1 Å². The molecule has 194 valence electrons. The predicted octanol–water partition coefficient (Wildman–Crippen LogP) is 7.59. The van der Waals surface area contributed by atoms with E-state index in [2.05, 4.69) is 25.9 Å². The predicted molar refractivity (Wildman–Crippen MR) is 154 cm³/mol.